The van der Waals surface area contributed by atoms with Gasteiger partial charge in [-0.25, -0.2) is 9.69 Å². The van der Waals surface area contributed by atoms with Crippen LogP contribution in [0.3, 0.4) is 0 Å². The van der Waals surface area contributed by atoms with E-state index in [9.17, 15) is 14.4 Å². The second-order valence-electron chi connectivity index (χ2n) is 4.65. The maximum Gasteiger partial charge on any atom is 0.355 e. The van der Waals surface area contributed by atoms with Crippen LogP contribution in [0.5, 0.6) is 0 Å². The summed E-state index contributed by atoms with van der Waals surface area (Å²) < 4.78 is 4.87. The van der Waals surface area contributed by atoms with Gasteiger partial charge in [0.25, 0.3) is 5.91 Å². The lowest BCUT2D eigenvalue weighted by Gasteiger charge is -2.15. The van der Waals surface area contributed by atoms with Crippen molar-refractivity contribution < 1.29 is 19.1 Å². The lowest BCUT2D eigenvalue weighted by molar-refractivity contribution is -0.136. The number of hydrogen-bond donors (Lipinski definition) is 1. The zero-order chi connectivity index (χ0) is 15.0. The molecule has 21 heavy (non-hydrogen) atoms. The molecule has 0 spiro atoms. The van der Waals surface area contributed by atoms with E-state index in [-0.39, 0.29) is 12.3 Å². The topological polar surface area (TPSA) is 88.1 Å². The predicted molar refractivity (Wildman–Crippen MR) is 73.4 cm³/mol. The van der Waals surface area contributed by atoms with Crippen LogP contribution in [0.15, 0.2) is 35.4 Å². The van der Waals surface area contributed by atoms with Crippen molar-refractivity contribution in [2.75, 3.05) is 11.5 Å². The molecule has 2 aliphatic rings. The fourth-order valence-electron chi connectivity index (χ4n) is 2.49. The van der Waals surface area contributed by atoms with Crippen LogP contribution in [0.4, 0.5) is 5.69 Å². The zero-order valence-corrected chi connectivity index (χ0v) is 11.3. The molecule has 2 atom stereocenters. The van der Waals surface area contributed by atoms with Crippen LogP contribution >= 0.6 is 0 Å². The number of carbonyl (C=O) groups excluding carboxylic acids is 3. The van der Waals surface area contributed by atoms with Crippen LogP contribution in [0.1, 0.15) is 6.92 Å². The molecule has 0 aromatic heterocycles. The Balaban J connectivity index is 1.91. The van der Waals surface area contributed by atoms with Crippen molar-refractivity contribution >= 4 is 29.2 Å². The number of imide groups is 1. The number of hydrogen-bond acceptors (Lipinski definition) is 6. The van der Waals surface area contributed by atoms with Gasteiger partial charge in [-0.3, -0.25) is 15.0 Å². The number of nitrogens with zero attached hydrogens (tertiary/aromatic N) is 2. The van der Waals surface area contributed by atoms with E-state index in [0.717, 1.165) is 4.90 Å². The molecule has 2 aliphatic heterocycles. The molecule has 1 aromatic rings. The zero-order valence-electron chi connectivity index (χ0n) is 11.3. The fraction of sp³-hybridized carbons (Fsp3) is 0.286. The Bertz CT molecular complexity index is 641. The summed E-state index contributed by atoms with van der Waals surface area (Å²) in [5.41, 5.74) is 3.00. The molecule has 0 bridgehead atoms. The third kappa shape index (κ3) is 1.97. The molecule has 7 nitrogen and oxygen atoms in total. The summed E-state index contributed by atoms with van der Waals surface area (Å²) in [6.07, 6.45) is 0. The molecule has 0 aliphatic carbocycles. The number of fused-ring (bicyclic) bond motifs is 1. The number of para-hydroxylation sites is 1. The van der Waals surface area contributed by atoms with Crippen LogP contribution in [0, 0.1) is 5.92 Å². The number of carbonyl (C=O) groups is 3. The maximum atomic E-state index is 12.5. The predicted octanol–water partition coefficient (Wildman–Crippen LogP) is 0.0669. The van der Waals surface area contributed by atoms with Gasteiger partial charge in [-0.2, -0.15) is 5.10 Å². The number of anilines is 1. The highest BCUT2D eigenvalue weighted by atomic mass is 16.5. The van der Waals surface area contributed by atoms with Gasteiger partial charge in [0.2, 0.25) is 5.91 Å². The van der Waals surface area contributed by atoms with E-state index in [2.05, 4.69) is 10.5 Å². The summed E-state index contributed by atoms with van der Waals surface area (Å²) in [6, 6.07) is 7.75. The van der Waals surface area contributed by atoms with E-state index in [1.807, 2.05) is 0 Å². The molecule has 1 saturated heterocycles. The average Bonchev–Trinajstić information content (AvgIpc) is 3.02. The molecule has 0 saturated carbocycles. The number of benzene rings is 1. The van der Waals surface area contributed by atoms with Crippen molar-refractivity contribution in [3.8, 4) is 0 Å². The SMILES string of the molecule is CCOC(=O)C1=NN[C@@H]2C(=O)N(c3ccccc3)C(=O)[C@H]12. The standard InChI is InChI=1S/C14H13N3O4/c1-2-21-14(20)11-9-10(15-16-11)13(19)17(12(9)18)8-6-4-3-5-7-8/h3-7,9-10,15H,2H2,1H3/t9-,10-/m0/s1. The molecule has 3 rings (SSSR count). The first kappa shape index (κ1) is 13.3. The second kappa shape index (κ2) is 5.01. The van der Waals surface area contributed by atoms with Crippen molar-refractivity contribution in [1.82, 2.24) is 5.43 Å². The van der Waals surface area contributed by atoms with Gasteiger partial charge in [-0.15, -0.1) is 0 Å². The normalized spacial score (nSPS) is 23.7. The number of esters is 1. The first-order valence-electron chi connectivity index (χ1n) is 6.58. The number of amides is 2. The van der Waals surface area contributed by atoms with Gasteiger partial charge in [0.05, 0.1) is 12.3 Å². The molecule has 1 aromatic carbocycles. The Morgan fingerprint density at radius 3 is 2.67 bits per heavy atom. The number of nitrogens with one attached hydrogen (secondary N) is 1. The van der Waals surface area contributed by atoms with E-state index >= 15 is 0 Å². The van der Waals surface area contributed by atoms with E-state index < -0.39 is 29.7 Å². The summed E-state index contributed by atoms with van der Waals surface area (Å²) >= 11 is 0. The molecule has 7 heteroatoms. The minimum absolute atomic E-state index is 0.0429. The molecular formula is C14H13N3O4. The first-order chi connectivity index (χ1) is 10.1. The highest BCUT2D eigenvalue weighted by Crippen LogP contribution is 2.30. The van der Waals surface area contributed by atoms with Crippen molar-refractivity contribution in [3.05, 3.63) is 30.3 Å². The third-order valence-corrected chi connectivity index (χ3v) is 3.42. The van der Waals surface area contributed by atoms with Gasteiger partial charge in [-0.05, 0) is 19.1 Å². The summed E-state index contributed by atoms with van der Waals surface area (Å²) in [5, 5.41) is 3.79. The van der Waals surface area contributed by atoms with E-state index in [1.54, 1.807) is 37.3 Å². The Morgan fingerprint density at radius 1 is 1.29 bits per heavy atom. The van der Waals surface area contributed by atoms with E-state index in [0.29, 0.717) is 5.69 Å². The van der Waals surface area contributed by atoms with Gasteiger partial charge >= 0.3 is 5.97 Å². The summed E-state index contributed by atoms with van der Waals surface area (Å²) in [4.78, 5) is 37.7. The van der Waals surface area contributed by atoms with Crippen molar-refractivity contribution in [1.29, 1.82) is 0 Å². The van der Waals surface area contributed by atoms with Crippen molar-refractivity contribution in [3.63, 3.8) is 0 Å². The minimum atomic E-state index is -0.920. The highest BCUT2D eigenvalue weighted by molar-refractivity contribution is 6.46. The van der Waals surface area contributed by atoms with E-state index in [4.69, 9.17) is 4.74 Å². The smallest absolute Gasteiger partial charge is 0.355 e. The maximum absolute atomic E-state index is 12.5. The van der Waals surface area contributed by atoms with Crippen LogP contribution in [0.2, 0.25) is 0 Å². The quantitative estimate of drug-likeness (QED) is 0.627. The van der Waals surface area contributed by atoms with Crippen LogP contribution in [0.25, 0.3) is 0 Å². The van der Waals surface area contributed by atoms with E-state index in [1.165, 1.54) is 0 Å². The van der Waals surface area contributed by atoms with Gasteiger partial charge in [0.15, 0.2) is 5.71 Å². The average molecular weight is 287 g/mol. The van der Waals surface area contributed by atoms with Crippen LogP contribution in [-0.4, -0.2) is 36.1 Å². The molecule has 108 valence electrons. The largest absolute Gasteiger partial charge is 0.461 e. The number of hydrazone groups is 1. The lowest BCUT2D eigenvalue weighted by atomic mass is 9.99. The lowest BCUT2D eigenvalue weighted by Crippen LogP contribution is -2.36. The minimum Gasteiger partial charge on any atom is -0.461 e. The number of ether oxygens (including phenoxy) is 1. The van der Waals surface area contributed by atoms with Gasteiger partial charge in [0, 0.05) is 0 Å². The molecular weight excluding hydrogens is 274 g/mol. The molecule has 0 unspecified atom stereocenters. The highest BCUT2D eigenvalue weighted by Gasteiger charge is 2.55. The molecule has 2 amide bonds. The van der Waals surface area contributed by atoms with Crippen molar-refractivity contribution in [2.45, 2.75) is 13.0 Å². The number of rotatable bonds is 3. The Kier molecular flexibility index (Phi) is 3.17. The summed E-state index contributed by atoms with van der Waals surface area (Å²) in [6.45, 7) is 1.84. The summed E-state index contributed by atoms with van der Waals surface area (Å²) in [5.74, 6) is -2.47. The molecule has 1 fully saturated rings. The van der Waals surface area contributed by atoms with Crippen LogP contribution < -0.4 is 10.3 Å². The molecule has 1 N–H and O–H groups in total. The fourth-order valence-corrected chi connectivity index (χ4v) is 2.49. The van der Waals surface area contributed by atoms with Crippen LogP contribution in [-0.2, 0) is 19.1 Å². The Hall–Kier alpha value is -2.70. The molecule has 0 radical (unpaired) electrons. The second-order valence-corrected chi connectivity index (χ2v) is 4.65. The van der Waals surface area contributed by atoms with Gasteiger partial charge in [0.1, 0.15) is 12.0 Å². The molecule has 2 heterocycles. The Labute approximate surface area is 120 Å². The first-order valence-corrected chi connectivity index (χ1v) is 6.58. The van der Waals surface area contributed by atoms with Crippen molar-refractivity contribution in [2.24, 2.45) is 11.0 Å². The summed E-state index contributed by atoms with van der Waals surface area (Å²) in [7, 11) is 0. The van der Waals surface area contributed by atoms with Gasteiger partial charge < -0.3 is 4.74 Å². The Morgan fingerprint density at radius 2 is 2.00 bits per heavy atom. The van der Waals surface area contributed by atoms with Gasteiger partial charge in [-0.1, -0.05) is 18.2 Å². The monoisotopic (exact) mass is 287 g/mol. The third-order valence-electron chi connectivity index (χ3n) is 3.42.